The number of hydrogen-bond acceptors (Lipinski definition) is 5. The number of aromatic nitrogens is 3. The Kier molecular flexibility index (Phi) is 3.64. The number of nitrogens with zero attached hydrogens (tertiary/aromatic N) is 4. The van der Waals surface area contributed by atoms with Crippen LogP contribution in [0.1, 0.15) is 17.5 Å². The Balaban J connectivity index is 1.72. The van der Waals surface area contributed by atoms with Crippen LogP contribution in [-0.4, -0.2) is 19.7 Å². The highest BCUT2D eigenvalue weighted by molar-refractivity contribution is 5.67. The lowest BCUT2D eigenvalue weighted by atomic mass is 10.1. The lowest BCUT2D eigenvalue weighted by Crippen LogP contribution is -2.05. The number of nitro groups is 1. The molecule has 0 amide bonds. The van der Waals surface area contributed by atoms with E-state index in [1.807, 2.05) is 18.2 Å². The van der Waals surface area contributed by atoms with Gasteiger partial charge in [0.1, 0.15) is 0 Å². The molecule has 0 unspecified atom stereocenters. The molecule has 126 valence electrons. The highest BCUT2D eigenvalue weighted by Crippen LogP contribution is 2.30. The van der Waals surface area contributed by atoms with Crippen LogP contribution >= 0.6 is 0 Å². The molecule has 0 saturated carbocycles. The minimum Gasteiger partial charge on any atom is -0.334 e. The van der Waals surface area contributed by atoms with Gasteiger partial charge in [-0.3, -0.25) is 10.1 Å². The largest absolute Gasteiger partial charge is 0.334 e. The molecule has 4 rings (SSSR count). The number of halogens is 1. The van der Waals surface area contributed by atoms with Crippen LogP contribution in [0.5, 0.6) is 0 Å². The summed E-state index contributed by atoms with van der Waals surface area (Å²) in [5.74, 6) is -0.122. The summed E-state index contributed by atoms with van der Waals surface area (Å²) in [7, 11) is 0. The van der Waals surface area contributed by atoms with E-state index in [1.165, 1.54) is 27.9 Å². The summed E-state index contributed by atoms with van der Waals surface area (Å²) in [6.45, 7) is 0. The number of pyridine rings is 1. The second-order valence-corrected chi connectivity index (χ2v) is 5.86. The third-order valence-corrected chi connectivity index (χ3v) is 4.20. The highest BCUT2D eigenvalue weighted by atomic mass is 19.1. The van der Waals surface area contributed by atoms with E-state index in [1.54, 1.807) is 0 Å². The molecule has 0 spiro atoms. The Morgan fingerprint density at radius 3 is 2.80 bits per heavy atom. The van der Waals surface area contributed by atoms with Crippen LogP contribution in [0.3, 0.4) is 0 Å². The van der Waals surface area contributed by atoms with E-state index in [0.29, 0.717) is 0 Å². The van der Waals surface area contributed by atoms with Gasteiger partial charge in [-0.15, -0.1) is 0 Å². The molecule has 1 aliphatic rings. The second kappa shape index (κ2) is 5.97. The van der Waals surface area contributed by atoms with Gasteiger partial charge < -0.3 is 5.32 Å². The number of aryl methyl sites for hydroxylation is 2. The van der Waals surface area contributed by atoms with Crippen LogP contribution < -0.4 is 5.32 Å². The van der Waals surface area contributed by atoms with E-state index >= 15 is 0 Å². The predicted octanol–water partition coefficient (Wildman–Crippen LogP) is 3.55. The van der Waals surface area contributed by atoms with Crippen LogP contribution in [0.25, 0.3) is 5.82 Å². The summed E-state index contributed by atoms with van der Waals surface area (Å²) in [5.41, 5.74) is 3.14. The standard InChI is InChI=1S/C17H14FN5O2/c18-13-9-19-22(10-13)16-7-6-15(23(24)25)17(21-16)20-14-5-4-11-2-1-3-12(11)8-14/h4-10H,1-3H2,(H,20,21). The molecule has 7 nitrogen and oxygen atoms in total. The number of fused-ring (bicyclic) bond motifs is 1. The summed E-state index contributed by atoms with van der Waals surface area (Å²) >= 11 is 0. The molecule has 0 saturated heterocycles. The number of nitrogens with one attached hydrogen (secondary N) is 1. The smallest absolute Gasteiger partial charge is 0.311 e. The van der Waals surface area contributed by atoms with Crippen molar-refractivity contribution >= 4 is 17.2 Å². The molecule has 0 bridgehead atoms. The summed E-state index contributed by atoms with van der Waals surface area (Å²) in [6.07, 6.45) is 5.41. The monoisotopic (exact) mass is 339 g/mol. The number of rotatable bonds is 4. The van der Waals surface area contributed by atoms with E-state index in [0.717, 1.165) is 37.3 Å². The van der Waals surface area contributed by atoms with E-state index in [9.17, 15) is 14.5 Å². The molecule has 1 aliphatic carbocycles. The maximum Gasteiger partial charge on any atom is 0.311 e. The van der Waals surface area contributed by atoms with E-state index < -0.39 is 10.7 Å². The van der Waals surface area contributed by atoms with E-state index in [4.69, 9.17) is 0 Å². The summed E-state index contributed by atoms with van der Waals surface area (Å²) in [6, 6.07) is 8.67. The van der Waals surface area contributed by atoms with Crippen LogP contribution in [0.15, 0.2) is 42.7 Å². The molecule has 0 radical (unpaired) electrons. The van der Waals surface area contributed by atoms with Crippen LogP contribution in [-0.2, 0) is 12.8 Å². The van der Waals surface area contributed by atoms with Crippen molar-refractivity contribution in [3.63, 3.8) is 0 Å². The fourth-order valence-electron chi connectivity index (χ4n) is 3.02. The minimum absolute atomic E-state index is 0.0938. The lowest BCUT2D eigenvalue weighted by molar-refractivity contribution is -0.384. The zero-order valence-electron chi connectivity index (χ0n) is 13.1. The first kappa shape index (κ1) is 15.3. The van der Waals surface area contributed by atoms with Crippen molar-refractivity contribution in [1.29, 1.82) is 0 Å². The zero-order valence-corrected chi connectivity index (χ0v) is 13.1. The van der Waals surface area contributed by atoms with Crippen LogP contribution in [0, 0.1) is 15.9 Å². The van der Waals surface area contributed by atoms with Crippen molar-refractivity contribution in [3.05, 3.63) is 69.8 Å². The molecular weight excluding hydrogens is 325 g/mol. The summed E-state index contributed by atoms with van der Waals surface area (Å²) < 4.78 is 14.4. The normalized spacial score (nSPS) is 12.8. The lowest BCUT2D eigenvalue weighted by Gasteiger charge is -2.10. The average molecular weight is 339 g/mol. The molecule has 0 aliphatic heterocycles. The Hall–Kier alpha value is -3.29. The molecule has 0 fully saturated rings. The summed E-state index contributed by atoms with van der Waals surface area (Å²) in [5, 5.41) is 18.1. The minimum atomic E-state index is -0.506. The third kappa shape index (κ3) is 2.93. The molecule has 8 heteroatoms. The topological polar surface area (TPSA) is 85.9 Å². The SMILES string of the molecule is O=[N+]([O-])c1ccc(-n2cc(F)cn2)nc1Nc1ccc2c(c1)CCC2. The molecule has 2 heterocycles. The maximum atomic E-state index is 13.2. The van der Waals surface area contributed by atoms with Gasteiger partial charge in [-0.1, -0.05) is 6.07 Å². The van der Waals surface area contributed by atoms with Gasteiger partial charge in [0.2, 0.25) is 5.82 Å². The quantitative estimate of drug-likeness (QED) is 0.580. The van der Waals surface area contributed by atoms with Gasteiger partial charge in [0.05, 0.1) is 17.3 Å². The van der Waals surface area contributed by atoms with E-state index in [2.05, 4.69) is 15.4 Å². The van der Waals surface area contributed by atoms with Gasteiger partial charge in [-0.05, 0) is 48.6 Å². The van der Waals surface area contributed by atoms with Gasteiger partial charge in [-0.25, -0.2) is 14.1 Å². The number of benzene rings is 1. The van der Waals surface area contributed by atoms with E-state index in [-0.39, 0.29) is 17.3 Å². The molecule has 25 heavy (non-hydrogen) atoms. The Morgan fingerprint density at radius 1 is 1.20 bits per heavy atom. The fraction of sp³-hybridized carbons (Fsp3) is 0.176. The molecule has 1 N–H and O–H groups in total. The van der Waals surface area contributed by atoms with Gasteiger partial charge in [0.25, 0.3) is 0 Å². The van der Waals surface area contributed by atoms with Crippen molar-refractivity contribution in [3.8, 4) is 5.82 Å². The second-order valence-electron chi connectivity index (χ2n) is 5.86. The van der Waals surface area contributed by atoms with Gasteiger partial charge in [0, 0.05) is 11.8 Å². The number of hydrogen-bond donors (Lipinski definition) is 1. The average Bonchev–Trinajstić information content (AvgIpc) is 3.23. The zero-order chi connectivity index (χ0) is 17.4. The molecule has 3 aromatic rings. The molecular formula is C17H14FN5O2. The maximum absolute atomic E-state index is 13.2. The summed E-state index contributed by atoms with van der Waals surface area (Å²) in [4.78, 5) is 15.0. The molecule has 2 aromatic heterocycles. The van der Waals surface area contributed by atoms with Gasteiger partial charge in [0.15, 0.2) is 11.6 Å². The molecule has 0 atom stereocenters. The Morgan fingerprint density at radius 2 is 2.04 bits per heavy atom. The highest BCUT2D eigenvalue weighted by Gasteiger charge is 2.18. The number of anilines is 2. The van der Waals surface area contributed by atoms with Crippen molar-refractivity contribution in [2.75, 3.05) is 5.32 Å². The Bertz CT molecular complexity index is 969. The van der Waals surface area contributed by atoms with Crippen molar-refractivity contribution in [2.45, 2.75) is 19.3 Å². The van der Waals surface area contributed by atoms with Crippen molar-refractivity contribution < 1.29 is 9.31 Å². The van der Waals surface area contributed by atoms with Crippen LogP contribution in [0.2, 0.25) is 0 Å². The van der Waals surface area contributed by atoms with Gasteiger partial charge >= 0.3 is 5.69 Å². The third-order valence-electron chi connectivity index (χ3n) is 4.20. The van der Waals surface area contributed by atoms with Gasteiger partial charge in [-0.2, -0.15) is 5.10 Å². The predicted molar refractivity (Wildman–Crippen MR) is 89.7 cm³/mol. The van der Waals surface area contributed by atoms with Crippen molar-refractivity contribution in [1.82, 2.24) is 14.8 Å². The fourth-order valence-corrected chi connectivity index (χ4v) is 3.02. The molecule has 1 aromatic carbocycles. The van der Waals surface area contributed by atoms with Crippen molar-refractivity contribution in [2.24, 2.45) is 0 Å². The van der Waals surface area contributed by atoms with Crippen LogP contribution in [0.4, 0.5) is 21.6 Å². The first-order valence-corrected chi connectivity index (χ1v) is 7.85. The first-order valence-electron chi connectivity index (χ1n) is 7.85. The Labute approximate surface area is 142 Å². The first-order chi connectivity index (χ1) is 12.1.